The first-order valence-electron chi connectivity index (χ1n) is 7.00. The highest BCUT2D eigenvalue weighted by atomic mass is 32.1. The monoisotopic (exact) mass is 297 g/mol. The summed E-state index contributed by atoms with van der Waals surface area (Å²) in [6, 6.07) is 8.12. The molecule has 0 bridgehead atoms. The van der Waals surface area contributed by atoms with E-state index < -0.39 is 0 Å². The molecule has 1 aromatic carbocycles. The largest absolute Gasteiger partial charge is 0.272 e. The van der Waals surface area contributed by atoms with E-state index in [1.807, 2.05) is 36.1 Å². The average Bonchev–Trinajstić information content (AvgIpc) is 3.09. The highest BCUT2D eigenvalue weighted by molar-refractivity contribution is 7.22. The molecule has 3 aromatic rings. The van der Waals surface area contributed by atoms with E-state index in [9.17, 15) is 0 Å². The van der Waals surface area contributed by atoms with E-state index >= 15 is 0 Å². The van der Waals surface area contributed by atoms with E-state index in [2.05, 4.69) is 26.7 Å². The molecule has 0 spiro atoms. The number of benzene rings is 1. The highest BCUT2D eigenvalue weighted by Crippen LogP contribution is 2.26. The third-order valence-electron chi connectivity index (χ3n) is 3.78. The predicted octanol–water partition coefficient (Wildman–Crippen LogP) is 3.18. The van der Waals surface area contributed by atoms with Gasteiger partial charge in [-0.25, -0.2) is 4.98 Å². The number of nitrogens with zero attached hydrogens (tertiary/aromatic N) is 4. The number of aromatic nitrogens is 3. The van der Waals surface area contributed by atoms with Crippen LogP contribution < -0.4 is 5.43 Å². The Labute approximate surface area is 126 Å². The summed E-state index contributed by atoms with van der Waals surface area (Å²) in [5.74, 6) is 0. The Hall–Kier alpha value is -2.21. The first-order chi connectivity index (χ1) is 10.3. The second-order valence-corrected chi connectivity index (χ2v) is 6.17. The number of hydrogen-bond donors (Lipinski definition) is 1. The van der Waals surface area contributed by atoms with Crippen LogP contribution >= 0.6 is 11.3 Å². The summed E-state index contributed by atoms with van der Waals surface area (Å²) in [7, 11) is 1.99. The summed E-state index contributed by atoms with van der Waals surface area (Å²) in [6.45, 7) is 0. The van der Waals surface area contributed by atoms with Crippen molar-refractivity contribution in [1.82, 2.24) is 14.8 Å². The van der Waals surface area contributed by atoms with Crippen molar-refractivity contribution < 1.29 is 0 Å². The number of hydrogen-bond acceptors (Lipinski definition) is 5. The average molecular weight is 297 g/mol. The molecule has 0 saturated heterocycles. The van der Waals surface area contributed by atoms with Crippen LogP contribution in [-0.2, 0) is 13.5 Å². The number of hydrazone groups is 1. The van der Waals surface area contributed by atoms with Gasteiger partial charge in [-0.05, 0) is 31.4 Å². The molecule has 0 radical (unpaired) electrons. The molecule has 0 amide bonds. The molecule has 0 unspecified atom stereocenters. The second kappa shape index (κ2) is 4.96. The molecule has 21 heavy (non-hydrogen) atoms. The van der Waals surface area contributed by atoms with Crippen molar-refractivity contribution in [3.63, 3.8) is 0 Å². The lowest BCUT2D eigenvalue weighted by molar-refractivity contribution is 0.682. The Morgan fingerprint density at radius 2 is 2.19 bits per heavy atom. The number of fused-ring (bicyclic) bond motifs is 2. The van der Waals surface area contributed by atoms with E-state index in [-0.39, 0.29) is 0 Å². The van der Waals surface area contributed by atoms with Gasteiger partial charge in [0.1, 0.15) is 0 Å². The Morgan fingerprint density at radius 3 is 3.10 bits per heavy atom. The van der Waals surface area contributed by atoms with Crippen molar-refractivity contribution in [3.8, 4) is 0 Å². The van der Waals surface area contributed by atoms with Crippen molar-refractivity contribution in [2.45, 2.75) is 19.3 Å². The second-order valence-electron chi connectivity index (χ2n) is 5.14. The fourth-order valence-corrected chi connectivity index (χ4v) is 3.52. The molecule has 5 nitrogen and oxygen atoms in total. The van der Waals surface area contributed by atoms with Crippen LogP contribution in [0.5, 0.6) is 0 Å². The summed E-state index contributed by atoms with van der Waals surface area (Å²) < 4.78 is 3.12. The Kier molecular flexibility index (Phi) is 2.96. The molecule has 106 valence electrons. The smallest absolute Gasteiger partial charge is 0.204 e. The molecule has 1 aliphatic rings. The zero-order valence-corrected chi connectivity index (χ0v) is 12.5. The van der Waals surface area contributed by atoms with Gasteiger partial charge in [-0.1, -0.05) is 23.5 Å². The number of aryl methyl sites for hydroxylation is 1. The fourth-order valence-electron chi connectivity index (χ4n) is 2.71. The van der Waals surface area contributed by atoms with Crippen LogP contribution in [0.15, 0.2) is 35.6 Å². The van der Waals surface area contributed by atoms with Crippen LogP contribution in [-0.4, -0.2) is 20.5 Å². The third-order valence-corrected chi connectivity index (χ3v) is 4.72. The maximum Gasteiger partial charge on any atom is 0.204 e. The minimum Gasteiger partial charge on any atom is -0.272 e. The molecule has 0 saturated carbocycles. The highest BCUT2D eigenvalue weighted by Gasteiger charge is 2.19. The van der Waals surface area contributed by atoms with Gasteiger partial charge in [0.05, 0.1) is 22.1 Å². The maximum absolute atomic E-state index is 4.56. The molecule has 6 heteroatoms. The molecule has 4 rings (SSSR count). The minimum atomic E-state index is 0.833. The van der Waals surface area contributed by atoms with Crippen LogP contribution in [0.2, 0.25) is 0 Å². The Balaban J connectivity index is 1.63. The minimum absolute atomic E-state index is 0.833. The molecule has 0 aliphatic heterocycles. The van der Waals surface area contributed by atoms with Crippen molar-refractivity contribution in [3.05, 3.63) is 41.7 Å². The van der Waals surface area contributed by atoms with Crippen molar-refractivity contribution >= 4 is 32.4 Å². The van der Waals surface area contributed by atoms with E-state index in [0.717, 1.165) is 41.2 Å². The van der Waals surface area contributed by atoms with Gasteiger partial charge in [-0.3, -0.25) is 10.1 Å². The molecular weight excluding hydrogens is 282 g/mol. The van der Waals surface area contributed by atoms with E-state index in [1.54, 1.807) is 11.3 Å². The summed E-state index contributed by atoms with van der Waals surface area (Å²) in [4.78, 5) is 4.54. The predicted molar refractivity (Wildman–Crippen MR) is 85.9 cm³/mol. The lowest BCUT2D eigenvalue weighted by atomic mass is 9.96. The molecule has 0 atom stereocenters. The number of para-hydroxylation sites is 1. The SMILES string of the molecule is Cn1ncc2c1CCC/C2=N/Nc1nc2ccccc2s1. The first-order valence-corrected chi connectivity index (χ1v) is 7.82. The van der Waals surface area contributed by atoms with Gasteiger partial charge < -0.3 is 0 Å². The lowest BCUT2D eigenvalue weighted by Crippen LogP contribution is -2.14. The van der Waals surface area contributed by atoms with Crippen LogP contribution in [0.1, 0.15) is 24.1 Å². The normalized spacial score (nSPS) is 16.3. The number of nitrogens with one attached hydrogen (secondary N) is 1. The first kappa shape index (κ1) is 12.5. The molecule has 2 aromatic heterocycles. The van der Waals surface area contributed by atoms with Crippen LogP contribution in [0, 0.1) is 0 Å². The van der Waals surface area contributed by atoms with Gasteiger partial charge in [0.25, 0.3) is 0 Å². The molecular formula is C15H15N5S. The van der Waals surface area contributed by atoms with Crippen molar-refractivity contribution in [2.24, 2.45) is 12.1 Å². The van der Waals surface area contributed by atoms with Gasteiger partial charge in [0.15, 0.2) is 0 Å². The fraction of sp³-hybridized carbons (Fsp3) is 0.267. The van der Waals surface area contributed by atoms with Gasteiger partial charge in [0, 0.05) is 18.3 Å². The van der Waals surface area contributed by atoms with Gasteiger partial charge in [-0.15, -0.1) is 0 Å². The molecule has 1 N–H and O–H groups in total. The Morgan fingerprint density at radius 1 is 1.29 bits per heavy atom. The summed E-state index contributed by atoms with van der Waals surface area (Å²) in [5, 5.41) is 9.73. The standard InChI is InChI=1S/C15H15N5S/c1-20-13-7-4-6-11(10(13)9-16-20)18-19-15-17-12-5-2-3-8-14(12)21-15/h2-3,5,8-9H,4,6-7H2,1H3,(H,17,19)/b18-11-. The zero-order chi connectivity index (χ0) is 14.2. The Bertz CT molecular complexity index is 797. The summed E-state index contributed by atoms with van der Waals surface area (Å²) in [5.41, 5.74) is 7.63. The molecule has 1 aliphatic carbocycles. The van der Waals surface area contributed by atoms with E-state index in [1.165, 1.54) is 10.4 Å². The number of thiazole rings is 1. The summed E-state index contributed by atoms with van der Waals surface area (Å²) >= 11 is 1.62. The summed E-state index contributed by atoms with van der Waals surface area (Å²) in [6.07, 6.45) is 5.09. The van der Waals surface area contributed by atoms with E-state index in [4.69, 9.17) is 0 Å². The van der Waals surface area contributed by atoms with Crippen LogP contribution in [0.4, 0.5) is 5.13 Å². The molecule has 2 heterocycles. The van der Waals surface area contributed by atoms with Crippen molar-refractivity contribution in [2.75, 3.05) is 5.43 Å². The number of rotatable bonds is 2. The molecule has 0 fully saturated rings. The van der Waals surface area contributed by atoms with Gasteiger partial charge in [-0.2, -0.15) is 10.2 Å². The zero-order valence-electron chi connectivity index (χ0n) is 11.7. The van der Waals surface area contributed by atoms with Crippen LogP contribution in [0.25, 0.3) is 10.2 Å². The maximum atomic E-state index is 4.56. The van der Waals surface area contributed by atoms with Gasteiger partial charge >= 0.3 is 0 Å². The van der Waals surface area contributed by atoms with Crippen LogP contribution in [0.3, 0.4) is 0 Å². The van der Waals surface area contributed by atoms with Gasteiger partial charge in [0.2, 0.25) is 5.13 Å². The number of anilines is 1. The van der Waals surface area contributed by atoms with Crippen molar-refractivity contribution in [1.29, 1.82) is 0 Å². The third kappa shape index (κ3) is 2.21. The lowest BCUT2D eigenvalue weighted by Gasteiger charge is -2.14. The topological polar surface area (TPSA) is 55.1 Å². The quantitative estimate of drug-likeness (QED) is 0.739. The van der Waals surface area contributed by atoms with E-state index in [0.29, 0.717) is 0 Å².